The van der Waals surface area contributed by atoms with Crippen LogP contribution in [-0.4, -0.2) is 30.1 Å². The molecular weight excluding hydrogens is 359 g/mol. The van der Waals surface area contributed by atoms with E-state index >= 15 is 0 Å². The third kappa shape index (κ3) is 2.49. The quantitative estimate of drug-likeness (QED) is 0.785. The fraction of sp³-hybridized carbons (Fsp3) is 0.571. The monoisotopic (exact) mass is 376 g/mol. The molecule has 2 unspecified atom stereocenters. The lowest BCUT2D eigenvalue weighted by Gasteiger charge is -2.37. The molecule has 1 N–H and O–H groups in total. The predicted octanol–water partition coefficient (Wildman–Crippen LogP) is 3.98. The van der Waals surface area contributed by atoms with E-state index in [9.17, 15) is 0 Å². The second kappa shape index (κ2) is 5.17. The Morgan fingerprint density at radius 3 is 2.56 bits per heavy atom. The molecule has 0 saturated carbocycles. The minimum atomic E-state index is 0.580. The van der Waals surface area contributed by atoms with Crippen LogP contribution < -0.4 is 5.32 Å². The van der Waals surface area contributed by atoms with Crippen LogP contribution in [0.25, 0.3) is 0 Å². The molecule has 2 atom stereocenters. The second-order valence-electron chi connectivity index (χ2n) is 5.49. The highest BCUT2D eigenvalue weighted by Crippen LogP contribution is 2.36. The lowest BCUT2D eigenvalue weighted by molar-refractivity contribution is 0.169. The van der Waals surface area contributed by atoms with E-state index in [0.717, 1.165) is 22.8 Å². The minimum Gasteiger partial charge on any atom is -0.381 e. The van der Waals surface area contributed by atoms with Crippen LogP contribution in [0.2, 0.25) is 5.02 Å². The molecule has 1 aromatic rings. The summed E-state index contributed by atoms with van der Waals surface area (Å²) in [6.07, 6.45) is 5.21. The van der Waals surface area contributed by atoms with E-state index < -0.39 is 0 Å². The van der Waals surface area contributed by atoms with E-state index in [0.29, 0.717) is 6.04 Å². The summed E-state index contributed by atoms with van der Waals surface area (Å²) >= 11 is 8.58. The Kier molecular flexibility index (Phi) is 3.74. The van der Waals surface area contributed by atoms with E-state index in [1.165, 1.54) is 29.3 Å². The van der Waals surface area contributed by atoms with Gasteiger partial charge in [0.2, 0.25) is 0 Å². The highest BCUT2D eigenvalue weighted by molar-refractivity contribution is 14.1. The number of rotatable bonds is 2. The van der Waals surface area contributed by atoms with E-state index in [-0.39, 0.29) is 0 Å². The summed E-state index contributed by atoms with van der Waals surface area (Å²) in [7, 11) is 2.27. The molecule has 0 radical (unpaired) electrons. The topological polar surface area (TPSA) is 15.3 Å². The summed E-state index contributed by atoms with van der Waals surface area (Å²) in [5, 5.41) is 4.48. The Morgan fingerprint density at radius 1 is 1.28 bits per heavy atom. The first-order valence-electron chi connectivity index (χ1n) is 6.57. The summed E-state index contributed by atoms with van der Waals surface area (Å²) in [5.74, 6) is 0. The summed E-state index contributed by atoms with van der Waals surface area (Å²) in [5.41, 5.74) is 1.09. The van der Waals surface area contributed by atoms with Crippen molar-refractivity contribution in [2.75, 3.05) is 12.4 Å². The van der Waals surface area contributed by atoms with E-state index in [1.807, 2.05) is 6.07 Å². The number of nitrogens with one attached hydrogen (secondary N) is 1. The van der Waals surface area contributed by atoms with Crippen LogP contribution in [0.4, 0.5) is 5.69 Å². The van der Waals surface area contributed by atoms with Crippen LogP contribution >= 0.6 is 34.2 Å². The number of hydrogen-bond donors (Lipinski definition) is 1. The Bertz CT molecular complexity index is 437. The number of halogens is 2. The number of piperidine rings is 1. The van der Waals surface area contributed by atoms with E-state index in [1.54, 1.807) is 0 Å². The van der Waals surface area contributed by atoms with Crippen molar-refractivity contribution in [3.63, 3.8) is 0 Å². The first-order valence-corrected chi connectivity index (χ1v) is 8.02. The van der Waals surface area contributed by atoms with Gasteiger partial charge in [-0.1, -0.05) is 11.6 Å². The first kappa shape index (κ1) is 13.0. The molecule has 0 aromatic heterocycles. The largest absolute Gasteiger partial charge is 0.381 e. The van der Waals surface area contributed by atoms with Crippen LogP contribution in [0.15, 0.2) is 18.2 Å². The minimum absolute atomic E-state index is 0.580. The summed E-state index contributed by atoms with van der Waals surface area (Å²) < 4.78 is 1.19. The molecule has 2 aliphatic rings. The molecule has 98 valence electrons. The van der Waals surface area contributed by atoms with Gasteiger partial charge in [0, 0.05) is 21.7 Å². The molecule has 4 heteroatoms. The van der Waals surface area contributed by atoms with Gasteiger partial charge in [-0.25, -0.2) is 0 Å². The highest BCUT2D eigenvalue weighted by Gasteiger charge is 2.38. The zero-order valence-electron chi connectivity index (χ0n) is 10.5. The van der Waals surface area contributed by atoms with E-state index in [4.69, 9.17) is 11.6 Å². The fourth-order valence-electron chi connectivity index (χ4n) is 3.36. The van der Waals surface area contributed by atoms with Crippen LogP contribution in [0, 0.1) is 3.57 Å². The summed E-state index contributed by atoms with van der Waals surface area (Å²) in [4.78, 5) is 2.56. The predicted molar refractivity (Wildman–Crippen MR) is 85.4 cm³/mol. The lowest BCUT2D eigenvalue weighted by Crippen LogP contribution is -2.44. The van der Waals surface area contributed by atoms with Crippen molar-refractivity contribution in [2.45, 2.75) is 43.8 Å². The number of fused-ring (bicyclic) bond motifs is 2. The second-order valence-corrected chi connectivity index (χ2v) is 7.14. The normalized spacial score (nSPS) is 31.6. The molecule has 3 rings (SSSR count). The first-order chi connectivity index (χ1) is 8.63. The molecule has 2 heterocycles. The average Bonchev–Trinajstić information content (AvgIpc) is 2.57. The third-order valence-corrected chi connectivity index (χ3v) is 5.37. The highest BCUT2D eigenvalue weighted by atomic mass is 127. The Hall–Kier alpha value is -0.0000000000000000555. The van der Waals surface area contributed by atoms with Crippen LogP contribution in [-0.2, 0) is 0 Å². The number of hydrogen-bond acceptors (Lipinski definition) is 2. The molecule has 18 heavy (non-hydrogen) atoms. The van der Waals surface area contributed by atoms with Gasteiger partial charge in [0.1, 0.15) is 0 Å². The maximum Gasteiger partial charge on any atom is 0.0648 e. The molecule has 1 aromatic carbocycles. The maximum absolute atomic E-state index is 6.29. The standard InChI is InChI=1S/C14H18ClIN2/c1-18-11-3-4-12(18)8-10(7-11)17-14-5-2-9(16)6-13(14)15/h2,5-6,10-12,17H,3-4,7-8H2,1H3. The van der Waals surface area contributed by atoms with Gasteiger partial charge in [-0.05, 0) is 73.5 Å². The van der Waals surface area contributed by atoms with Crippen LogP contribution in [0.3, 0.4) is 0 Å². The SMILES string of the molecule is CN1C2CCC1CC(Nc1ccc(I)cc1Cl)C2. The van der Waals surface area contributed by atoms with Crippen LogP contribution in [0.5, 0.6) is 0 Å². The molecular formula is C14H18ClIN2. The number of nitrogens with zero attached hydrogens (tertiary/aromatic N) is 1. The van der Waals surface area contributed by atoms with Crippen molar-refractivity contribution in [1.29, 1.82) is 0 Å². The molecule has 2 bridgehead atoms. The van der Waals surface area contributed by atoms with Crippen molar-refractivity contribution in [1.82, 2.24) is 4.90 Å². The van der Waals surface area contributed by atoms with Crippen molar-refractivity contribution < 1.29 is 0 Å². The molecule has 2 saturated heterocycles. The fourth-order valence-corrected chi connectivity index (χ4v) is 4.27. The van der Waals surface area contributed by atoms with Crippen molar-refractivity contribution in [3.05, 3.63) is 26.8 Å². The van der Waals surface area contributed by atoms with Crippen molar-refractivity contribution in [3.8, 4) is 0 Å². The number of benzene rings is 1. The van der Waals surface area contributed by atoms with Gasteiger partial charge < -0.3 is 10.2 Å². The molecule has 0 aliphatic carbocycles. The molecule has 2 aliphatic heterocycles. The smallest absolute Gasteiger partial charge is 0.0648 e. The molecule has 2 fully saturated rings. The van der Waals surface area contributed by atoms with Crippen molar-refractivity contribution in [2.24, 2.45) is 0 Å². The number of anilines is 1. The Labute approximate surface area is 127 Å². The van der Waals surface area contributed by atoms with Gasteiger partial charge in [0.05, 0.1) is 10.7 Å². The summed E-state index contributed by atoms with van der Waals surface area (Å²) in [6.45, 7) is 0. The average molecular weight is 377 g/mol. The van der Waals surface area contributed by atoms with Gasteiger partial charge >= 0.3 is 0 Å². The zero-order valence-corrected chi connectivity index (χ0v) is 13.4. The maximum atomic E-state index is 6.29. The van der Waals surface area contributed by atoms with Gasteiger partial charge in [-0.2, -0.15) is 0 Å². The molecule has 0 spiro atoms. The van der Waals surface area contributed by atoms with Gasteiger partial charge in [0.15, 0.2) is 0 Å². The summed E-state index contributed by atoms with van der Waals surface area (Å²) in [6, 6.07) is 8.35. The Balaban J connectivity index is 1.70. The zero-order chi connectivity index (χ0) is 12.7. The van der Waals surface area contributed by atoms with Crippen LogP contribution in [0.1, 0.15) is 25.7 Å². The lowest BCUT2D eigenvalue weighted by atomic mass is 9.98. The van der Waals surface area contributed by atoms with Crippen molar-refractivity contribution >= 4 is 39.9 Å². The molecule has 0 amide bonds. The third-order valence-electron chi connectivity index (χ3n) is 4.39. The van der Waals surface area contributed by atoms with Gasteiger partial charge in [0.25, 0.3) is 0 Å². The van der Waals surface area contributed by atoms with E-state index in [2.05, 4.69) is 52.0 Å². The van der Waals surface area contributed by atoms with Gasteiger partial charge in [-0.3, -0.25) is 0 Å². The molecule has 2 nitrogen and oxygen atoms in total. The Morgan fingerprint density at radius 2 is 1.94 bits per heavy atom. The van der Waals surface area contributed by atoms with Gasteiger partial charge in [-0.15, -0.1) is 0 Å².